The van der Waals surface area contributed by atoms with Gasteiger partial charge >= 0.3 is 0 Å². The number of ether oxygens (including phenoxy) is 1. The van der Waals surface area contributed by atoms with Crippen molar-refractivity contribution in [2.75, 3.05) is 6.61 Å². The van der Waals surface area contributed by atoms with Crippen molar-refractivity contribution in [1.29, 1.82) is 5.26 Å². The molecule has 3 aromatic rings. The SMILES string of the molecule is N#Cc1ccc(OCCC(Cn2ccnc2)NC(=O)c2ccc(I)cc2)cc1. The van der Waals surface area contributed by atoms with Crippen LogP contribution in [0, 0.1) is 14.9 Å². The lowest BCUT2D eigenvalue weighted by Gasteiger charge is -2.20. The normalized spacial score (nSPS) is 11.4. The Labute approximate surface area is 177 Å². The molecule has 0 bridgehead atoms. The second-order valence-electron chi connectivity index (χ2n) is 6.21. The zero-order valence-electron chi connectivity index (χ0n) is 15.1. The number of imidazole rings is 1. The molecule has 1 heterocycles. The summed E-state index contributed by atoms with van der Waals surface area (Å²) in [5.41, 5.74) is 1.22. The van der Waals surface area contributed by atoms with Crippen molar-refractivity contribution in [1.82, 2.24) is 14.9 Å². The van der Waals surface area contributed by atoms with Crippen molar-refractivity contribution in [3.05, 3.63) is 81.9 Å². The van der Waals surface area contributed by atoms with E-state index in [-0.39, 0.29) is 11.9 Å². The number of benzene rings is 2. The Hall–Kier alpha value is -2.86. The van der Waals surface area contributed by atoms with Crippen LogP contribution in [0.4, 0.5) is 0 Å². The summed E-state index contributed by atoms with van der Waals surface area (Å²) in [5, 5.41) is 11.9. The van der Waals surface area contributed by atoms with E-state index >= 15 is 0 Å². The molecule has 0 aliphatic heterocycles. The summed E-state index contributed by atoms with van der Waals surface area (Å²) in [6.45, 7) is 1.05. The van der Waals surface area contributed by atoms with Gasteiger partial charge in [0.05, 0.1) is 30.6 Å². The van der Waals surface area contributed by atoms with E-state index in [1.54, 1.807) is 36.8 Å². The molecule has 2 aromatic carbocycles. The van der Waals surface area contributed by atoms with Gasteiger partial charge in [-0.2, -0.15) is 5.26 Å². The first kappa shape index (κ1) is 19.9. The molecule has 0 radical (unpaired) electrons. The van der Waals surface area contributed by atoms with E-state index in [2.05, 4.69) is 39.0 Å². The van der Waals surface area contributed by atoms with Crippen molar-refractivity contribution < 1.29 is 9.53 Å². The zero-order chi connectivity index (χ0) is 19.8. The van der Waals surface area contributed by atoms with E-state index < -0.39 is 0 Å². The first-order valence-corrected chi connectivity index (χ1v) is 9.87. The number of hydrogen-bond acceptors (Lipinski definition) is 4. The molecule has 1 N–H and O–H groups in total. The van der Waals surface area contributed by atoms with Crippen LogP contribution < -0.4 is 10.1 Å². The van der Waals surface area contributed by atoms with Crippen LogP contribution in [0.2, 0.25) is 0 Å². The number of amides is 1. The highest BCUT2D eigenvalue weighted by Gasteiger charge is 2.15. The summed E-state index contributed by atoms with van der Waals surface area (Å²) in [4.78, 5) is 16.6. The molecule has 7 heteroatoms. The molecule has 0 saturated carbocycles. The third kappa shape index (κ3) is 5.82. The maximum Gasteiger partial charge on any atom is 0.251 e. The fourth-order valence-corrected chi connectivity index (χ4v) is 3.03. The van der Waals surface area contributed by atoms with E-state index in [0.717, 1.165) is 3.57 Å². The minimum absolute atomic E-state index is 0.111. The van der Waals surface area contributed by atoms with Gasteiger partial charge in [0.2, 0.25) is 0 Å². The van der Waals surface area contributed by atoms with Crippen LogP contribution >= 0.6 is 22.6 Å². The van der Waals surface area contributed by atoms with Crippen LogP contribution in [0.1, 0.15) is 22.3 Å². The topological polar surface area (TPSA) is 79.9 Å². The van der Waals surface area contributed by atoms with Crippen LogP contribution in [0.25, 0.3) is 0 Å². The standard InChI is InChI=1S/C21H19IN4O2/c22-18-5-3-17(4-6-18)21(27)25-19(14-26-11-10-24-15-26)9-12-28-20-7-1-16(13-23)2-8-20/h1-8,10-11,15,19H,9,12,14H2,(H,25,27). The largest absolute Gasteiger partial charge is 0.494 e. The third-order valence-electron chi connectivity index (χ3n) is 4.15. The molecule has 0 aliphatic carbocycles. The third-order valence-corrected chi connectivity index (χ3v) is 4.87. The van der Waals surface area contributed by atoms with Gasteiger partial charge in [0.25, 0.3) is 5.91 Å². The second kappa shape index (κ2) is 9.90. The van der Waals surface area contributed by atoms with Gasteiger partial charge in [0, 0.05) is 34.5 Å². The number of rotatable bonds is 8. The summed E-state index contributed by atoms with van der Waals surface area (Å²) >= 11 is 2.21. The number of nitrogens with zero attached hydrogens (tertiary/aromatic N) is 3. The molecule has 1 aromatic heterocycles. The maximum absolute atomic E-state index is 12.6. The molecule has 6 nitrogen and oxygen atoms in total. The lowest BCUT2D eigenvalue weighted by Crippen LogP contribution is -2.39. The van der Waals surface area contributed by atoms with Gasteiger partial charge in [-0.3, -0.25) is 4.79 Å². The predicted octanol–water partition coefficient (Wildman–Crippen LogP) is 3.63. The van der Waals surface area contributed by atoms with Crippen LogP contribution in [0.3, 0.4) is 0 Å². The predicted molar refractivity (Wildman–Crippen MR) is 114 cm³/mol. The van der Waals surface area contributed by atoms with Crippen molar-refractivity contribution >= 4 is 28.5 Å². The number of halogens is 1. The van der Waals surface area contributed by atoms with E-state index in [1.807, 2.05) is 35.0 Å². The van der Waals surface area contributed by atoms with Crippen LogP contribution in [0.15, 0.2) is 67.3 Å². The van der Waals surface area contributed by atoms with Gasteiger partial charge in [-0.15, -0.1) is 0 Å². The number of carbonyl (C=O) groups is 1. The molecule has 0 saturated heterocycles. The smallest absolute Gasteiger partial charge is 0.251 e. The Morgan fingerprint density at radius 2 is 1.96 bits per heavy atom. The van der Waals surface area contributed by atoms with Gasteiger partial charge in [-0.05, 0) is 71.1 Å². The summed E-state index contributed by atoms with van der Waals surface area (Å²) in [6, 6.07) is 16.4. The number of hydrogen-bond donors (Lipinski definition) is 1. The highest BCUT2D eigenvalue weighted by atomic mass is 127. The molecule has 3 rings (SSSR count). The van der Waals surface area contributed by atoms with Gasteiger partial charge in [-0.1, -0.05) is 0 Å². The molecular weight excluding hydrogens is 467 g/mol. The average molecular weight is 486 g/mol. The Balaban J connectivity index is 1.60. The van der Waals surface area contributed by atoms with E-state index in [4.69, 9.17) is 10.00 Å². The molecule has 0 fully saturated rings. The highest BCUT2D eigenvalue weighted by molar-refractivity contribution is 14.1. The molecule has 0 aliphatic rings. The molecule has 1 amide bonds. The van der Waals surface area contributed by atoms with Gasteiger partial charge < -0.3 is 14.6 Å². The molecule has 1 atom stereocenters. The fraction of sp³-hybridized carbons (Fsp3) is 0.190. The summed E-state index contributed by atoms with van der Waals surface area (Å²) in [5.74, 6) is 0.587. The molecule has 1 unspecified atom stereocenters. The summed E-state index contributed by atoms with van der Waals surface area (Å²) < 4.78 is 8.79. The molecule has 142 valence electrons. The van der Waals surface area contributed by atoms with Crippen molar-refractivity contribution in [2.45, 2.75) is 19.0 Å². The first-order valence-electron chi connectivity index (χ1n) is 8.79. The molecule has 28 heavy (non-hydrogen) atoms. The van der Waals surface area contributed by atoms with Gasteiger partial charge in [0.1, 0.15) is 5.75 Å². The number of carbonyl (C=O) groups excluding carboxylic acids is 1. The van der Waals surface area contributed by atoms with Crippen LogP contribution in [-0.2, 0) is 6.54 Å². The Morgan fingerprint density at radius 1 is 1.21 bits per heavy atom. The molecular formula is C21H19IN4O2. The summed E-state index contributed by atoms with van der Waals surface area (Å²) in [7, 11) is 0. The average Bonchev–Trinajstić information content (AvgIpc) is 3.22. The van der Waals surface area contributed by atoms with Gasteiger partial charge in [0.15, 0.2) is 0 Å². The molecule has 0 spiro atoms. The van der Waals surface area contributed by atoms with Crippen LogP contribution in [-0.4, -0.2) is 28.1 Å². The number of nitriles is 1. The lowest BCUT2D eigenvalue weighted by molar-refractivity contribution is 0.0926. The van der Waals surface area contributed by atoms with Crippen molar-refractivity contribution in [3.8, 4) is 11.8 Å². The Kier molecular flexibility index (Phi) is 7.03. The first-order chi connectivity index (χ1) is 13.6. The second-order valence-corrected chi connectivity index (χ2v) is 7.46. The Morgan fingerprint density at radius 3 is 2.61 bits per heavy atom. The fourth-order valence-electron chi connectivity index (χ4n) is 2.67. The maximum atomic E-state index is 12.6. The Bertz CT molecular complexity index is 932. The monoisotopic (exact) mass is 486 g/mol. The zero-order valence-corrected chi connectivity index (χ0v) is 17.2. The minimum atomic E-state index is -0.112. The highest BCUT2D eigenvalue weighted by Crippen LogP contribution is 2.13. The van der Waals surface area contributed by atoms with Crippen LogP contribution in [0.5, 0.6) is 5.75 Å². The van der Waals surface area contributed by atoms with Crippen molar-refractivity contribution in [3.63, 3.8) is 0 Å². The van der Waals surface area contributed by atoms with E-state index in [1.165, 1.54) is 0 Å². The van der Waals surface area contributed by atoms with Gasteiger partial charge in [-0.25, -0.2) is 4.98 Å². The number of nitrogens with one attached hydrogen (secondary N) is 1. The van der Waals surface area contributed by atoms with E-state index in [0.29, 0.717) is 36.4 Å². The quantitative estimate of drug-likeness (QED) is 0.494. The van der Waals surface area contributed by atoms with Crippen molar-refractivity contribution in [2.24, 2.45) is 0 Å². The lowest BCUT2D eigenvalue weighted by atomic mass is 10.1. The minimum Gasteiger partial charge on any atom is -0.494 e. The summed E-state index contributed by atoms with van der Waals surface area (Å²) in [6.07, 6.45) is 5.94. The number of aromatic nitrogens is 2. The van der Waals surface area contributed by atoms with E-state index in [9.17, 15) is 4.79 Å².